The van der Waals surface area contributed by atoms with E-state index in [9.17, 15) is 4.79 Å². The molecule has 0 saturated heterocycles. The number of rotatable bonds is 5. The van der Waals surface area contributed by atoms with Crippen LogP contribution in [0.1, 0.15) is 11.3 Å². The second-order valence-electron chi connectivity index (χ2n) is 4.18. The Morgan fingerprint density at radius 1 is 1.00 bits per heavy atom. The van der Waals surface area contributed by atoms with Crippen molar-refractivity contribution < 1.29 is 13.9 Å². The van der Waals surface area contributed by atoms with Gasteiger partial charge in [-0.05, 0) is 12.1 Å². The molecular weight excluding hydrogens is 268 g/mol. The molecule has 0 aliphatic heterocycles. The van der Waals surface area contributed by atoms with Crippen LogP contribution in [0.2, 0.25) is 0 Å². The summed E-state index contributed by atoms with van der Waals surface area (Å²) < 4.78 is 15.3. The molecule has 2 aromatic rings. The van der Waals surface area contributed by atoms with Crippen molar-refractivity contribution in [3.05, 3.63) is 70.3 Å². The first-order valence-electron chi connectivity index (χ1n) is 6.40. The van der Waals surface area contributed by atoms with E-state index in [1.165, 1.54) is 13.2 Å². The van der Waals surface area contributed by atoms with Gasteiger partial charge in [0.1, 0.15) is 17.3 Å². The van der Waals surface area contributed by atoms with Crippen LogP contribution in [0.5, 0.6) is 11.5 Å². The lowest BCUT2D eigenvalue weighted by Crippen LogP contribution is -1.98. The Bertz CT molecular complexity index is 711. The van der Waals surface area contributed by atoms with Crippen LogP contribution in [0.25, 0.3) is 12.2 Å². The molecule has 0 N–H and O–H groups in total. The van der Waals surface area contributed by atoms with E-state index in [1.807, 2.05) is 36.4 Å². The van der Waals surface area contributed by atoms with E-state index in [0.717, 1.165) is 11.3 Å². The van der Waals surface area contributed by atoms with Crippen molar-refractivity contribution in [2.75, 3.05) is 14.2 Å². The summed E-state index contributed by atoms with van der Waals surface area (Å²) in [5.41, 5.74) is 0.527. The zero-order valence-corrected chi connectivity index (χ0v) is 11.9. The average molecular weight is 284 g/mol. The van der Waals surface area contributed by atoms with Gasteiger partial charge >= 0.3 is 5.63 Å². The first-order chi connectivity index (χ1) is 10.2. The molecule has 1 aromatic carbocycles. The molecular formula is C17H16O4. The van der Waals surface area contributed by atoms with Gasteiger partial charge in [0.25, 0.3) is 0 Å². The van der Waals surface area contributed by atoms with Crippen molar-refractivity contribution in [3.63, 3.8) is 0 Å². The first kappa shape index (κ1) is 14.7. The molecule has 4 nitrogen and oxygen atoms in total. The Labute approximate surface area is 122 Å². The van der Waals surface area contributed by atoms with Crippen LogP contribution >= 0.6 is 0 Å². The molecule has 0 saturated carbocycles. The maximum absolute atomic E-state index is 11.3. The highest BCUT2D eigenvalue weighted by atomic mass is 16.5. The normalized spacial score (nSPS) is 11.1. The summed E-state index contributed by atoms with van der Waals surface area (Å²) in [7, 11) is 3.14. The predicted octanol–water partition coefficient (Wildman–Crippen LogP) is 3.38. The van der Waals surface area contributed by atoms with Gasteiger partial charge in [-0.2, -0.15) is 0 Å². The van der Waals surface area contributed by atoms with E-state index in [1.54, 1.807) is 25.3 Å². The molecule has 0 spiro atoms. The third-order valence-electron chi connectivity index (χ3n) is 2.79. The van der Waals surface area contributed by atoms with Gasteiger partial charge in [0.05, 0.1) is 20.3 Å². The summed E-state index contributed by atoms with van der Waals surface area (Å²) in [6.45, 7) is 0. The lowest BCUT2D eigenvalue weighted by Gasteiger charge is -2.02. The van der Waals surface area contributed by atoms with Crippen molar-refractivity contribution >= 4 is 12.2 Å². The van der Waals surface area contributed by atoms with Crippen molar-refractivity contribution in [2.45, 2.75) is 0 Å². The monoisotopic (exact) mass is 284 g/mol. The molecule has 0 atom stereocenters. The van der Waals surface area contributed by atoms with E-state index < -0.39 is 5.63 Å². The van der Waals surface area contributed by atoms with E-state index in [-0.39, 0.29) is 0 Å². The molecule has 108 valence electrons. The molecule has 0 aliphatic carbocycles. The van der Waals surface area contributed by atoms with Crippen LogP contribution in [0.3, 0.4) is 0 Å². The number of allylic oxidation sites excluding steroid dienone is 2. The van der Waals surface area contributed by atoms with Crippen molar-refractivity contribution in [2.24, 2.45) is 0 Å². The molecule has 4 heteroatoms. The Morgan fingerprint density at radius 3 is 2.52 bits per heavy atom. The predicted molar refractivity (Wildman–Crippen MR) is 82.6 cm³/mol. The van der Waals surface area contributed by atoms with Crippen LogP contribution in [0, 0.1) is 0 Å². The van der Waals surface area contributed by atoms with Gasteiger partial charge in [0, 0.05) is 11.6 Å². The molecule has 0 aliphatic rings. The number of hydrogen-bond donors (Lipinski definition) is 0. The highest BCUT2D eigenvalue weighted by Gasteiger charge is 1.98. The Morgan fingerprint density at radius 2 is 1.76 bits per heavy atom. The molecule has 0 radical (unpaired) electrons. The molecule has 1 heterocycles. The Kier molecular flexibility index (Phi) is 4.99. The summed E-state index contributed by atoms with van der Waals surface area (Å²) >= 11 is 0. The summed E-state index contributed by atoms with van der Waals surface area (Å²) in [6.07, 6.45) is 7.23. The minimum absolute atomic E-state index is 0.434. The van der Waals surface area contributed by atoms with Crippen LogP contribution in [0.15, 0.2) is 57.8 Å². The summed E-state index contributed by atoms with van der Waals surface area (Å²) in [5, 5.41) is 0. The summed E-state index contributed by atoms with van der Waals surface area (Å²) in [6, 6.07) is 10.6. The van der Waals surface area contributed by atoms with Crippen molar-refractivity contribution in [3.8, 4) is 11.5 Å². The maximum atomic E-state index is 11.3. The average Bonchev–Trinajstić information content (AvgIpc) is 2.51. The molecule has 1 aromatic heterocycles. The fourth-order valence-electron chi connectivity index (χ4n) is 1.79. The fraction of sp³-hybridized carbons (Fsp3) is 0.118. The van der Waals surface area contributed by atoms with Gasteiger partial charge in [-0.25, -0.2) is 4.79 Å². The highest BCUT2D eigenvalue weighted by molar-refractivity contribution is 5.60. The van der Waals surface area contributed by atoms with E-state index in [0.29, 0.717) is 11.5 Å². The number of hydrogen-bond acceptors (Lipinski definition) is 4. The molecule has 0 unspecified atom stereocenters. The number of para-hydroxylation sites is 1. The largest absolute Gasteiger partial charge is 0.496 e. The van der Waals surface area contributed by atoms with E-state index in [4.69, 9.17) is 13.9 Å². The summed E-state index contributed by atoms with van der Waals surface area (Å²) in [4.78, 5) is 11.3. The van der Waals surface area contributed by atoms with Crippen LogP contribution in [0.4, 0.5) is 0 Å². The lowest BCUT2D eigenvalue weighted by molar-refractivity contribution is 0.400. The molecule has 0 amide bonds. The van der Waals surface area contributed by atoms with E-state index in [2.05, 4.69) is 0 Å². The van der Waals surface area contributed by atoms with Gasteiger partial charge in [-0.3, -0.25) is 0 Å². The second-order valence-corrected chi connectivity index (χ2v) is 4.18. The van der Waals surface area contributed by atoms with Crippen LogP contribution in [-0.2, 0) is 0 Å². The Hall–Kier alpha value is -2.75. The van der Waals surface area contributed by atoms with Gasteiger partial charge < -0.3 is 13.9 Å². The standard InChI is InChI=1S/C17H16O4/c1-19-15-11-14(21-17(18)12-15)9-5-3-7-13-8-4-6-10-16(13)20-2/h3-12H,1-2H3/b7-3-,9-5+. The number of benzene rings is 1. The van der Waals surface area contributed by atoms with Crippen LogP contribution in [-0.4, -0.2) is 14.2 Å². The first-order valence-corrected chi connectivity index (χ1v) is 6.40. The fourth-order valence-corrected chi connectivity index (χ4v) is 1.79. The SMILES string of the molecule is COc1cc(/C=C/C=C\c2ccccc2OC)oc(=O)c1. The van der Waals surface area contributed by atoms with Gasteiger partial charge in [-0.1, -0.05) is 36.4 Å². The smallest absolute Gasteiger partial charge is 0.339 e. The lowest BCUT2D eigenvalue weighted by atomic mass is 10.2. The second kappa shape index (κ2) is 7.14. The number of ether oxygens (including phenoxy) is 2. The third kappa shape index (κ3) is 4.11. The minimum atomic E-state index is -0.442. The topological polar surface area (TPSA) is 48.7 Å². The van der Waals surface area contributed by atoms with Gasteiger partial charge in [-0.15, -0.1) is 0 Å². The van der Waals surface area contributed by atoms with E-state index >= 15 is 0 Å². The summed E-state index contributed by atoms with van der Waals surface area (Å²) in [5.74, 6) is 1.71. The molecule has 0 bridgehead atoms. The van der Waals surface area contributed by atoms with Crippen LogP contribution < -0.4 is 15.1 Å². The molecule has 21 heavy (non-hydrogen) atoms. The minimum Gasteiger partial charge on any atom is -0.496 e. The zero-order valence-electron chi connectivity index (χ0n) is 11.9. The van der Waals surface area contributed by atoms with Gasteiger partial charge in [0.2, 0.25) is 0 Å². The van der Waals surface area contributed by atoms with Crippen molar-refractivity contribution in [1.82, 2.24) is 0 Å². The maximum Gasteiger partial charge on any atom is 0.339 e. The highest BCUT2D eigenvalue weighted by Crippen LogP contribution is 2.18. The van der Waals surface area contributed by atoms with Gasteiger partial charge in [0.15, 0.2) is 0 Å². The molecule has 0 fully saturated rings. The molecule has 2 rings (SSSR count). The zero-order chi connectivity index (χ0) is 15.1. The number of methoxy groups -OCH3 is 2. The Balaban J connectivity index is 2.13. The third-order valence-corrected chi connectivity index (χ3v) is 2.79. The van der Waals surface area contributed by atoms with Crippen molar-refractivity contribution in [1.29, 1.82) is 0 Å². The quantitative estimate of drug-likeness (QED) is 0.790.